The summed E-state index contributed by atoms with van der Waals surface area (Å²) in [5.41, 5.74) is 0.566. The van der Waals surface area contributed by atoms with Crippen molar-refractivity contribution in [2.45, 2.75) is 40.2 Å². The topological polar surface area (TPSA) is 90.4 Å². The molecular weight excluding hydrogens is 342 g/mol. The van der Waals surface area contributed by atoms with Gasteiger partial charge in [0, 0.05) is 6.20 Å². The normalized spacial score (nSPS) is 11.1. The Kier molecular flexibility index (Phi) is 5.73. The van der Waals surface area contributed by atoms with Gasteiger partial charge in [0.05, 0.1) is 17.9 Å². The van der Waals surface area contributed by atoms with Crippen molar-refractivity contribution in [3.05, 3.63) is 28.9 Å². The van der Waals surface area contributed by atoms with Gasteiger partial charge in [0.1, 0.15) is 21.3 Å². The fourth-order valence-electron chi connectivity index (χ4n) is 1.98. The highest BCUT2D eigenvalue weighted by atomic mass is 32.1. The smallest absolute Gasteiger partial charge is 0.413 e. The van der Waals surface area contributed by atoms with Crippen LogP contribution in [-0.4, -0.2) is 34.2 Å². The number of pyridine rings is 1. The summed E-state index contributed by atoms with van der Waals surface area (Å²) in [6.45, 7) is 9.12. The van der Waals surface area contributed by atoms with Crippen LogP contribution < -0.4 is 5.32 Å². The Bertz CT molecular complexity index is 780. The highest BCUT2D eigenvalue weighted by molar-refractivity contribution is 7.17. The molecule has 8 heteroatoms. The van der Waals surface area contributed by atoms with Crippen LogP contribution in [0.4, 0.5) is 10.6 Å². The zero-order valence-electron chi connectivity index (χ0n) is 14.9. The van der Waals surface area contributed by atoms with Gasteiger partial charge in [-0.2, -0.15) is 0 Å². The van der Waals surface area contributed by atoms with Gasteiger partial charge in [-0.15, -0.1) is 11.3 Å². The molecule has 0 saturated heterocycles. The summed E-state index contributed by atoms with van der Waals surface area (Å²) in [6.07, 6.45) is 0.953. The lowest BCUT2D eigenvalue weighted by molar-refractivity contribution is 0.0530. The van der Waals surface area contributed by atoms with Gasteiger partial charge in [0.2, 0.25) is 0 Å². The Morgan fingerprint density at radius 3 is 2.68 bits per heavy atom. The summed E-state index contributed by atoms with van der Waals surface area (Å²) in [4.78, 5) is 33.0. The van der Waals surface area contributed by atoms with Gasteiger partial charge in [-0.25, -0.2) is 19.6 Å². The second-order valence-corrected chi connectivity index (χ2v) is 7.18. The van der Waals surface area contributed by atoms with E-state index < -0.39 is 17.7 Å². The van der Waals surface area contributed by atoms with E-state index in [9.17, 15) is 9.59 Å². The van der Waals surface area contributed by atoms with Gasteiger partial charge in [-0.3, -0.25) is 5.32 Å². The van der Waals surface area contributed by atoms with E-state index in [0.29, 0.717) is 33.6 Å². The zero-order valence-corrected chi connectivity index (χ0v) is 15.7. The van der Waals surface area contributed by atoms with Crippen LogP contribution in [0.3, 0.4) is 0 Å². The predicted octanol–water partition coefficient (Wildman–Crippen LogP) is 4.04. The molecule has 2 aromatic heterocycles. The van der Waals surface area contributed by atoms with Crippen molar-refractivity contribution in [1.29, 1.82) is 0 Å². The fourth-order valence-corrected chi connectivity index (χ4v) is 2.96. The molecule has 2 aromatic rings. The van der Waals surface area contributed by atoms with Crippen molar-refractivity contribution in [3.63, 3.8) is 0 Å². The van der Waals surface area contributed by atoms with Crippen LogP contribution in [0.15, 0.2) is 18.3 Å². The van der Waals surface area contributed by atoms with Gasteiger partial charge < -0.3 is 9.47 Å². The van der Waals surface area contributed by atoms with E-state index in [0.717, 1.165) is 0 Å². The number of nitrogens with zero attached hydrogens (tertiary/aromatic N) is 2. The number of esters is 1. The minimum atomic E-state index is -0.617. The largest absolute Gasteiger partial charge is 0.462 e. The molecule has 0 aromatic carbocycles. The van der Waals surface area contributed by atoms with Gasteiger partial charge in [0.25, 0.3) is 0 Å². The van der Waals surface area contributed by atoms with Crippen molar-refractivity contribution in [2.24, 2.45) is 0 Å². The quantitative estimate of drug-likeness (QED) is 0.825. The lowest BCUT2D eigenvalue weighted by Gasteiger charge is -2.19. The van der Waals surface area contributed by atoms with Crippen LogP contribution in [-0.2, 0) is 9.47 Å². The monoisotopic (exact) mass is 363 g/mol. The van der Waals surface area contributed by atoms with Crippen molar-refractivity contribution in [1.82, 2.24) is 9.97 Å². The summed E-state index contributed by atoms with van der Waals surface area (Å²) >= 11 is 1.20. The molecule has 0 aliphatic heterocycles. The van der Waals surface area contributed by atoms with Crippen molar-refractivity contribution < 1.29 is 19.1 Å². The number of hydrogen-bond donors (Lipinski definition) is 1. The van der Waals surface area contributed by atoms with Crippen LogP contribution in [0.25, 0.3) is 10.6 Å². The lowest BCUT2D eigenvalue weighted by atomic mass is 10.2. The van der Waals surface area contributed by atoms with Crippen LogP contribution in [0.5, 0.6) is 0 Å². The molecule has 0 radical (unpaired) electrons. The van der Waals surface area contributed by atoms with Gasteiger partial charge in [-0.05, 0) is 46.8 Å². The molecule has 1 amide bonds. The second kappa shape index (κ2) is 7.60. The van der Waals surface area contributed by atoms with Gasteiger partial charge in [0.15, 0.2) is 0 Å². The summed E-state index contributed by atoms with van der Waals surface area (Å²) in [5, 5.41) is 3.20. The van der Waals surface area contributed by atoms with E-state index in [-0.39, 0.29) is 0 Å². The molecule has 2 heterocycles. The number of nitrogens with one attached hydrogen (secondary N) is 1. The zero-order chi connectivity index (χ0) is 18.6. The molecule has 0 aliphatic carbocycles. The third-order valence-electron chi connectivity index (χ3n) is 2.91. The van der Waals surface area contributed by atoms with Crippen LogP contribution >= 0.6 is 11.3 Å². The maximum atomic E-state index is 12.0. The van der Waals surface area contributed by atoms with Crippen LogP contribution in [0.1, 0.15) is 43.1 Å². The molecule has 0 unspecified atom stereocenters. The lowest BCUT2D eigenvalue weighted by Crippen LogP contribution is -2.27. The number of thiazole rings is 1. The predicted molar refractivity (Wildman–Crippen MR) is 95.9 cm³/mol. The maximum Gasteiger partial charge on any atom is 0.413 e. The standard InChI is InChI=1S/C17H21N3O4S/c1-6-23-15(21)12-10(2)19-14(25-12)11-8-7-9-18-13(11)20-16(22)24-17(3,4)5/h7-9H,6H2,1-5H3,(H,18,20,22). The third-order valence-corrected chi connectivity index (χ3v) is 4.09. The highest BCUT2D eigenvalue weighted by Crippen LogP contribution is 2.32. The molecule has 25 heavy (non-hydrogen) atoms. The van der Waals surface area contributed by atoms with Gasteiger partial charge in [-0.1, -0.05) is 0 Å². The molecule has 2 rings (SSSR count). The van der Waals surface area contributed by atoms with E-state index in [1.807, 2.05) is 0 Å². The molecule has 1 N–H and O–H groups in total. The number of amides is 1. The Labute approximate surface area is 150 Å². The average molecular weight is 363 g/mol. The van der Waals surface area contributed by atoms with E-state index in [1.165, 1.54) is 11.3 Å². The van der Waals surface area contributed by atoms with Crippen molar-refractivity contribution in [3.8, 4) is 10.6 Å². The number of carbonyl (C=O) groups is 2. The molecule has 0 fully saturated rings. The molecule has 134 valence electrons. The Morgan fingerprint density at radius 2 is 2.04 bits per heavy atom. The van der Waals surface area contributed by atoms with Crippen molar-refractivity contribution >= 4 is 29.2 Å². The summed E-state index contributed by atoms with van der Waals surface area (Å²) in [5.74, 6) is -0.0878. The maximum absolute atomic E-state index is 12.0. The van der Waals surface area contributed by atoms with E-state index >= 15 is 0 Å². The number of rotatable bonds is 4. The Hall–Kier alpha value is -2.48. The first-order chi connectivity index (χ1) is 11.7. The Balaban J connectivity index is 2.31. The van der Waals surface area contributed by atoms with Crippen LogP contribution in [0, 0.1) is 6.92 Å². The van der Waals surface area contributed by atoms with Gasteiger partial charge >= 0.3 is 12.1 Å². The van der Waals surface area contributed by atoms with E-state index in [1.54, 1.807) is 52.9 Å². The van der Waals surface area contributed by atoms with Crippen LogP contribution in [0.2, 0.25) is 0 Å². The molecule has 0 spiro atoms. The number of carbonyl (C=O) groups excluding carboxylic acids is 2. The first-order valence-electron chi connectivity index (χ1n) is 7.81. The summed E-state index contributed by atoms with van der Waals surface area (Å²) < 4.78 is 10.3. The number of hydrogen-bond acceptors (Lipinski definition) is 7. The number of ether oxygens (including phenoxy) is 2. The number of aromatic nitrogens is 2. The first kappa shape index (κ1) is 18.9. The average Bonchev–Trinajstić information content (AvgIpc) is 2.88. The Morgan fingerprint density at radius 1 is 1.32 bits per heavy atom. The highest BCUT2D eigenvalue weighted by Gasteiger charge is 2.21. The summed E-state index contributed by atoms with van der Waals surface area (Å²) in [6, 6.07) is 3.50. The number of anilines is 1. The molecule has 0 atom stereocenters. The third kappa shape index (κ3) is 4.99. The molecule has 0 bridgehead atoms. The second-order valence-electron chi connectivity index (χ2n) is 6.18. The molecule has 7 nitrogen and oxygen atoms in total. The minimum absolute atomic E-state index is 0.295. The van der Waals surface area contributed by atoms with E-state index in [4.69, 9.17) is 9.47 Å². The SMILES string of the molecule is CCOC(=O)c1sc(-c2cccnc2NC(=O)OC(C)(C)C)nc1C. The summed E-state index contributed by atoms with van der Waals surface area (Å²) in [7, 11) is 0. The minimum Gasteiger partial charge on any atom is -0.462 e. The molecule has 0 aliphatic rings. The molecule has 0 saturated carbocycles. The molecular formula is C17H21N3O4S. The fraction of sp³-hybridized carbons (Fsp3) is 0.412. The number of aryl methyl sites for hydroxylation is 1. The van der Waals surface area contributed by atoms with Crippen molar-refractivity contribution in [2.75, 3.05) is 11.9 Å². The first-order valence-corrected chi connectivity index (χ1v) is 8.63. The van der Waals surface area contributed by atoms with E-state index in [2.05, 4.69) is 15.3 Å².